The highest BCUT2D eigenvalue weighted by Crippen LogP contribution is 2.18. The Balaban J connectivity index is 2.35. The highest BCUT2D eigenvalue weighted by Gasteiger charge is 2.13. The summed E-state index contributed by atoms with van der Waals surface area (Å²) in [5.41, 5.74) is 4.50. The molecule has 0 amide bonds. The predicted molar refractivity (Wildman–Crippen MR) is 85.7 cm³/mol. The van der Waals surface area contributed by atoms with E-state index in [1.807, 2.05) is 20.9 Å². The minimum atomic E-state index is 0.00378. The second-order valence-corrected chi connectivity index (χ2v) is 5.58. The molecule has 0 radical (unpaired) electrons. The fourth-order valence-electron chi connectivity index (χ4n) is 2.51. The topological polar surface area (TPSA) is 46.9 Å². The van der Waals surface area contributed by atoms with Gasteiger partial charge in [0.2, 0.25) is 0 Å². The monoisotopic (exact) mass is 285 g/mol. The maximum absolute atomic E-state index is 12.2. The van der Waals surface area contributed by atoms with E-state index < -0.39 is 0 Å². The molecule has 0 bridgehead atoms. The third kappa shape index (κ3) is 3.39. The number of hydrogen-bond donors (Lipinski definition) is 1. The summed E-state index contributed by atoms with van der Waals surface area (Å²) in [6, 6.07) is 8.09. The number of rotatable bonds is 4. The highest BCUT2D eigenvalue weighted by molar-refractivity contribution is 5.31. The summed E-state index contributed by atoms with van der Waals surface area (Å²) in [6.07, 6.45) is 0. The maximum atomic E-state index is 12.2. The minimum Gasteiger partial charge on any atom is -0.312 e. The fourth-order valence-corrected chi connectivity index (χ4v) is 2.51. The van der Waals surface area contributed by atoms with Gasteiger partial charge in [-0.05, 0) is 51.4 Å². The van der Waals surface area contributed by atoms with E-state index in [-0.39, 0.29) is 11.6 Å². The zero-order valence-electron chi connectivity index (χ0n) is 13.4. The molecule has 2 aromatic rings. The summed E-state index contributed by atoms with van der Waals surface area (Å²) < 4.78 is 1.73. The lowest BCUT2D eigenvalue weighted by Gasteiger charge is -2.20. The van der Waals surface area contributed by atoms with Gasteiger partial charge in [-0.25, -0.2) is 4.98 Å². The Labute approximate surface area is 125 Å². The molecule has 1 heterocycles. The molecular weight excluding hydrogens is 262 g/mol. The van der Waals surface area contributed by atoms with Gasteiger partial charge in [-0.2, -0.15) is 0 Å². The Morgan fingerprint density at radius 1 is 1.14 bits per heavy atom. The Morgan fingerprint density at radius 2 is 1.86 bits per heavy atom. The van der Waals surface area contributed by atoms with E-state index in [1.165, 1.54) is 16.7 Å². The van der Waals surface area contributed by atoms with Gasteiger partial charge in [-0.15, -0.1) is 0 Å². The van der Waals surface area contributed by atoms with Crippen molar-refractivity contribution < 1.29 is 0 Å². The van der Waals surface area contributed by atoms with Gasteiger partial charge < -0.3 is 5.32 Å². The molecule has 4 heteroatoms. The van der Waals surface area contributed by atoms with Crippen molar-refractivity contribution in [3.63, 3.8) is 0 Å². The molecule has 0 aliphatic heterocycles. The summed E-state index contributed by atoms with van der Waals surface area (Å²) >= 11 is 0. The van der Waals surface area contributed by atoms with Gasteiger partial charge >= 0.3 is 0 Å². The zero-order chi connectivity index (χ0) is 15.6. The molecule has 0 fully saturated rings. The summed E-state index contributed by atoms with van der Waals surface area (Å²) in [5.74, 6) is 0.754. The Bertz CT molecular complexity index is 704. The van der Waals surface area contributed by atoms with Crippen LogP contribution in [0.1, 0.15) is 34.3 Å². The van der Waals surface area contributed by atoms with Crippen LogP contribution >= 0.6 is 0 Å². The second-order valence-electron chi connectivity index (χ2n) is 5.58. The Hall–Kier alpha value is -1.94. The third-order valence-electron chi connectivity index (χ3n) is 3.97. The molecule has 1 unspecified atom stereocenters. The van der Waals surface area contributed by atoms with Crippen LogP contribution in [0.5, 0.6) is 0 Å². The molecule has 0 spiro atoms. The average Bonchev–Trinajstić information content (AvgIpc) is 2.41. The van der Waals surface area contributed by atoms with Crippen molar-refractivity contribution in [2.24, 2.45) is 0 Å². The first-order valence-corrected chi connectivity index (χ1v) is 7.22. The van der Waals surface area contributed by atoms with Crippen LogP contribution in [0, 0.1) is 27.7 Å². The molecule has 21 heavy (non-hydrogen) atoms. The van der Waals surface area contributed by atoms with Crippen molar-refractivity contribution in [2.75, 3.05) is 7.05 Å². The summed E-state index contributed by atoms with van der Waals surface area (Å²) in [6.45, 7) is 8.51. The van der Waals surface area contributed by atoms with E-state index in [9.17, 15) is 4.79 Å². The molecule has 1 aromatic carbocycles. The van der Waals surface area contributed by atoms with Crippen LogP contribution in [-0.4, -0.2) is 16.6 Å². The van der Waals surface area contributed by atoms with Gasteiger partial charge in [0.1, 0.15) is 5.82 Å². The van der Waals surface area contributed by atoms with Crippen molar-refractivity contribution in [2.45, 2.75) is 40.3 Å². The van der Waals surface area contributed by atoms with Crippen LogP contribution in [0.4, 0.5) is 0 Å². The van der Waals surface area contributed by atoms with E-state index >= 15 is 0 Å². The number of benzene rings is 1. The van der Waals surface area contributed by atoms with Crippen molar-refractivity contribution >= 4 is 0 Å². The first kappa shape index (κ1) is 15.4. The van der Waals surface area contributed by atoms with Gasteiger partial charge in [0.25, 0.3) is 5.56 Å². The number of nitrogens with one attached hydrogen (secondary N) is 1. The number of nitrogens with zero attached hydrogens (tertiary/aromatic N) is 2. The first-order valence-electron chi connectivity index (χ1n) is 7.22. The molecule has 112 valence electrons. The lowest BCUT2D eigenvalue weighted by Crippen LogP contribution is -2.30. The van der Waals surface area contributed by atoms with E-state index in [0.717, 1.165) is 11.5 Å². The fraction of sp³-hybridized carbons (Fsp3) is 0.412. The molecule has 4 nitrogen and oxygen atoms in total. The number of likely N-dealkylation sites (N-methyl/N-ethyl adjacent to an activating group) is 1. The summed E-state index contributed by atoms with van der Waals surface area (Å²) in [7, 11) is 1.92. The number of hydrogen-bond acceptors (Lipinski definition) is 3. The van der Waals surface area contributed by atoms with Crippen LogP contribution in [0.25, 0.3) is 0 Å². The highest BCUT2D eigenvalue weighted by atomic mass is 16.1. The van der Waals surface area contributed by atoms with Crippen molar-refractivity contribution in [3.05, 3.63) is 62.8 Å². The molecule has 1 aromatic heterocycles. The first-order chi connectivity index (χ1) is 9.92. The van der Waals surface area contributed by atoms with E-state index in [4.69, 9.17) is 0 Å². The predicted octanol–water partition coefficient (Wildman–Crippen LogP) is 2.44. The molecule has 2 rings (SSSR count). The molecule has 0 aliphatic carbocycles. The minimum absolute atomic E-state index is 0.00378. The molecule has 1 atom stereocenters. The molecule has 0 aliphatic rings. The smallest absolute Gasteiger partial charge is 0.253 e. The van der Waals surface area contributed by atoms with Crippen LogP contribution in [-0.2, 0) is 6.54 Å². The average molecular weight is 285 g/mol. The van der Waals surface area contributed by atoms with Crippen LogP contribution in [0.2, 0.25) is 0 Å². The quantitative estimate of drug-likeness (QED) is 0.938. The molecular formula is C17H23N3O. The zero-order valence-corrected chi connectivity index (χ0v) is 13.4. The normalized spacial score (nSPS) is 12.4. The summed E-state index contributed by atoms with van der Waals surface area (Å²) in [5, 5.41) is 3.30. The van der Waals surface area contributed by atoms with E-state index in [0.29, 0.717) is 6.54 Å². The largest absolute Gasteiger partial charge is 0.312 e. The standard InChI is InChI=1S/C17H23N3O/c1-11-6-7-15(8-12(11)2)16(18-5)10-20-14(4)19-13(3)9-17(20)21/h6-9,16,18H,10H2,1-5H3. The lowest BCUT2D eigenvalue weighted by atomic mass is 10.0. The van der Waals surface area contributed by atoms with Gasteiger partial charge in [0, 0.05) is 18.3 Å². The van der Waals surface area contributed by atoms with Gasteiger partial charge in [0.05, 0.1) is 6.04 Å². The molecule has 0 saturated heterocycles. The van der Waals surface area contributed by atoms with Crippen molar-refractivity contribution in [1.29, 1.82) is 0 Å². The van der Waals surface area contributed by atoms with Gasteiger partial charge in [0.15, 0.2) is 0 Å². The number of aryl methyl sites for hydroxylation is 4. The maximum Gasteiger partial charge on any atom is 0.253 e. The SMILES string of the molecule is CNC(Cn1c(C)nc(C)cc1=O)c1ccc(C)c(C)c1. The van der Waals surface area contributed by atoms with E-state index in [2.05, 4.69) is 42.3 Å². The molecule has 1 N–H and O–H groups in total. The van der Waals surface area contributed by atoms with Crippen LogP contribution in [0.3, 0.4) is 0 Å². The summed E-state index contributed by atoms with van der Waals surface area (Å²) in [4.78, 5) is 16.5. The van der Waals surface area contributed by atoms with E-state index in [1.54, 1.807) is 10.6 Å². The number of aromatic nitrogens is 2. The Morgan fingerprint density at radius 3 is 2.43 bits per heavy atom. The van der Waals surface area contributed by atoms with Crippen molar-refractivity contribution in [1.82, 2.24) is 14.9 Å². The van der Waals surface area contributed by atoms with Crippen LogP contribution < -0.4 is 10.9 Å². The Kier molecular flexibility index (Phi) is 4.58. The van der Waals surface area contributed by atoms with Gasteiger partial charge in [-0.1, -0.05) is 18.2 Å². The second kappa shape index (κ2) is 6.22. The van der Waals surface area contributed by atoms with Crippen LogP contribution in [0.15, 0.2) is 29.1 Å². The lowest BCUT2D eigenvalue weighted by molar-refractivity contribution is 0.477. The third-order valence-corrected chi connectivity index (χ3v) is 3.97. The molecule has 0 saturated carbocycles. The van der Waals surface area contributed by atoms with Gasteiger partial charge in [-0.3, -0.25) is 9.36 Å². The van der Waals surface area contributed by atoms with Crippen molar-refractivity contribution in [3.8, 4) is 0 Å².